The third kappa shape index (κ3) is 2.41. The van der Waals surface area contributed by atoms with Crippen molar-refractivity contribution in [3.05, 3.63) is 23.5 Å². The normalized spacial score (nSPS) is 11.1. The Labute approximate surface area is 88.0 Å². The topological polar surface area (TPSA) is 38.3 Å². The Morgan fingerprint density at radius 1 is 1.38 bits per heavy atom. The van der Waals surface area contributed by atoms with Gasteiger partial charge in [0.2, 0.25) is 6.41 Å². The van der Waals surface area contributed by atoms with Crippen molar-refractivity contribution in [1.82, 2.24) is 0 Å². The van der Waals surface area contributed by atoms with Crippen molar-refractivity contribution < 1.29 is 27.1 Å². The lowest BCUT2D eigenvalue weighted by atomic mass is 10.1. The van der Waals surface area contributed by atoms with Crippen LogP contribution in [-0.2, 0) is 11.0 Å². The van der Waals surface area contributed by atoms with Gasteiger partial charge in [-0.1, -0.05) is 0 Å². The molecule has 0 saturated carbocycles. The van der Waals surface area contributed by atoms with Gasteiger partial charge >= 0.3 is 6.18 Å². The van der Waals surface area contributed by atoms with E-state index in [9.17, 15) is 22.4 Å². The number of ether oxygens (including phenoxy) is 1. The molecular weight excluding hydrogens is 230 g/mol. The number of halogens is 4. The van der Waals surface area contributed by atoms with E-state index in [-0.39, 0.29) is 12.1 Å². The number of rotatable bonds is 3. The molecule has 0 aliphatic rings. The zero-order valence-corrected chi connectivity index (χ0v) is 8.06. The van der Waals surface area contributed by atoms with Crippen LogP contribution in [0.15, 0.2) is 12.1 Å². The molecule has 16 heavy (non-hydrogen) atoms. The molecule has 7 heteroatoms. The molecule has 1 aromatic carbocycles. The molecule has 0 saturated heterocycles. The summed E-state index contributed by atoms with van der Waals surface area (Å²) < 4.78 is 54.8. The third-order valence-electron chi connectivity index (χ3n) is 1.78. The van der Waals surface area contributed by atoms with Gasteiger partial charge in [0.25, 0.3) is 0 Å². The van der Waals surface area contributed by atoms with Crippen LogP contribution in [-0.4, -0.2) is 13.5 Å². The summed E-state index contributed by atoms with van der Waals surface area (Å²) in [5.74, 6) is -1.74. The number of alkyl halides is 3. The number of nitrogens with one attached hydrogen (secondary N) is 1. The highest BCUT2D eigenvalue weighted by molar-refractivity contribution is 5.76. The zero-order chi connectivity index (χ0) is 12.3. The van der Waals surface area contributed by atoms with Crippen LogP contribution in [0.4, 0.5) is 23.2 Å². The van der Waals surface area contributed by atoms with E-state index >= 15 is 0 Å². The first-order chi connectivity index (χ1) is 7.40. The molecule has 0 aromatic heterocycles. The van der Waals surface area contributed by atoms with Gasteiger partial charge in [-0.25, -0.2) is 4.39 Å². The molecule has 88 valence electrons. The van der Waals surface area contributed by atoms with Crippen LogP contribution in [0.1, 0.15) is 5.56 Å². The Balaban J connectivity index is 3.41. The van der Waals surface area contributed by atoms with Crippen molar-refractivity contribution >= 4 is 12.1 Å². The lowest BCUT2D eigenvalue weighted by Crippen LogP contribution is -2.10. The maximum absolute atomic E-state index is 12.9. The highest BCUT2D eigenvalue weighted by atomic mass is 19.4. The number of hydrogen-bond donors (Lipinski definition) is 1. The summed E-state index contributed by atoms with van der Waals surface area (Å²) in [5, 5.41) is 1.93. The second-order valence-corrected chi connectivity index (χ2v) is 2.79. The van der Waals surface area contributed by atoms with Gasteiger partial charge in [0.05, 0.1) is 12.8 Å². The molecule has 0 bridgehead atoms. The summed E-state index contributed by atoms with van der Waals surface area (Å²) in [6, 6.07) is 1.04. The Morgan fingerprint density at radius 3 is 2.44 bits per heavy atom. The maximum Gasteiger partial charge on any atom is 0.420 e. The molecule has 0 spiro atoms. The first-order valence-corrected chi connectivity index (χ1v) is 4.05. The fourth-order valence-electron chi connectivity index (χ4n) is 1.19. The van der Waals surface area contributed by atoms with Gasteiger partial charge in [0.1, 0.15) is 11.4 Å². The summed E-state index contributed by atoms with van der Waals surface area (Å²) in [6.45, 7) is 0. The predicted octanol–water partition coefficient (Wildman–Crippen LogP) is 2.42. The van der Waals surface area contributed by atoms with Gasteiger partial charge < -0.3 is 10.1 Å². The number of benzene rings is 1. The monoisotopic (exact) mass is 237 g/mol. The van der Waals surface area contributed by atoms with E-state index in [1.54, 1.807) is 0 Å². The number of carbonyl (C=O) groups excluding carboxylic acids is 1. The molecule has 0 aliphatic carbocycles. The van der Waals surface area contributed by atoms with Gasteiger partial charge in [0.15, 0.2) is 5.75 Å². The fraction of sp³-hybridized carbons (Fsp3) is 0.222. The number of hydrogen-bond acceptors (Lipinski definition) is 2. The van der Waals surface area contributed by atoms with Gasteiger partial charge in [-0.15, -0.1) is 0 Å². The van der Waals surface area contributed by atoms with E-state index in [1.165, 1.54) is 0 Å². The van der Waals surface area contributed by atoms with Crippen molar-refractivity contribution in [3.8, 4) is 5.75 Å². The van der Waals surface area contributed by atoms with Crippen LogP contribution in [0.2, 0.25) is 0 Å². The lowest BCUT2D eigenvalue weighted by Gasteiger charge is -2.15. The SMILES string of the molecule is COc1c(NC=O)cc(F)cc1C(F)(F)F. The molecule has 1 amide bonds. The van der Waals surface area contributed by atoms with Gasteiger partial charge in [0, 0.05) is 6.07 Å². The fourth-order valence-corrected chi connectivity index (χ4v) is 1.19. The minimum absolute atomic E-state index is 0.136. The molecule has 0 heterocycles. The van der Waals surface area contributed by atoms with Crippen molar-refractivity contribution in [3.63, 3.8) is 0 Å². The van der Waals surface area contributed by atoms with E-state index < -0.39 is 23.3 Å². The Bertz CT molecular complexity index is 403. The first kappa shape index (κ1) is 12.3. The standard InChI is InChI=1S/C9H7F4NO2/c1-16-8-6(9(11,12)13)2-5(10)3-7(8)14-4-15/h2-4H,1H3,(H,14,15). The largest absolute Gasteiger partial charge is 0.494 e. The molecule has 0 atom stereocenters. The van der Waals surface area contributed by atoms with E-state index in [0.29, 0.717) is 6.07 Å². The molecule has 1 rings (SSSR count). The van der Waals surface area contributed by atoms with Crippen molar-refractivity contribution in [2.24, 2.45) is 0 Å². The minimum atomic E-state index is -4.76. The number of carbonyl (C=O) groups is 1. The first-order valence-electron chi connectivity index (χ1n) is 4.05. The average molecular weight is 237 g/mol. The molecule has 3 nitrogen and oxygen atoms in total. The third-order valence-corrected chi connectivity index (χ3v) is 1.78. The highest BCUT2D eigenvalue weighted by Gasteiger charge is 2.36. The smallest absolute Gasteiger partial charge is 0.420 e. The number of methoxy groups -OCH3 is 1. The molecule has 0 radical (unpaired) electrons. The van der Waals surface area contributed by atoms with Gasteiger partial charge in [-0.2, -0.15) is 13.2 Å². The molecule has 1 N–H and O–H groups in total. The van der Waals surface area contributed by atoms with Gasteiger partial charge in [-0.05, 0) is 6.07 Å². The van der Waals surface area contributed by atoms with Crippen molar-refractivity contribution in [2.45, 2.75) is 6.18 Å². The molecule has 0 fully saturated rings. The van der Waals surface area contributed by atoms with Crippen LogP contribution >= 0.6 is 0 Å². The quantitative estimate of drug-likeness (QED) is 0.647. The van der Waals surface area contributed by atoms with Crippen molar-refractivity contribution in [1.29, 1.82) is 0 Å². The zero-order valence-electron chi connectivity index (χ0n) is 8.06. The molecule has 0 unspecified atom stereocenters. The Kier molecular flexibility index (Phi) is 3.36. The van der Waals surface area contributed by atoms with Crippen LogP contribution in [0, 0.1) is 5.82 Å². The molecule has 1 aromatic rings. The van der Waals surface area contributed by atoms with E-state index in [1.807, 2.05) is 5.32 Å². The van der Waals surface area contributed by atoms with Crippen LogP contribution in [0.5, 0.6) is 5.75 Å². The van der Waals surface area contributed by atoms with Crippen LogP contribution in [0.25, 0.3) is 0 Å². The number of amides is 1. The van der Waals surface area contributed by atoms with Crippen LogP contribution < -0.4 is 10.1 Å². The van der Waals surface area contributed by atoms with E-state index in [0.717, 1.165) is 13.2 Å². The Morgan fingerprint density at radius 2 is 2.00 bits per heavy atom. The highest BCUT2D eigenvalue weighted by Crippen LogP contribution is 2.40. The van der Waals surface area contributed by atoms with Crippen molar-refractivity contribution in [2.75, 3.05) is 12.4 Å². The number of anilines is 1. The Hall–Kier alpha value is -1.79. The predicted molar refractivity (Wildman–Crippen MR) is 47.6 cm³/mol. The summed E-state index contributed by atoms with van der Waals surface area (Å²) in [6.07, 6.45) is -4.62. The second-order valence-electron chi connectivity index (χ2n) is 2.79. The van der Waals surface area contributed by atoms with E-state index in [2.05, 4.69) is 4.74 Å². The minimum Gasteiger partial charge on any atom is -0.494 e. The van der Waals surface area contributed by atoms with Gasteiger partial charge in [-0.3, -0.25) is 4.79 Å². The average Bonchev–Trinajstić information content (AvgIpc) is 2.16. The summed E-state index contributed by atoms with van der Waals surface area (Å²) in [7, 11) is 0.998. The second kappa shape index (κ2) is 4.38. The molecular formula is C9H7F4NO2. The summed E-state index contributed by atoms with van der Waals surface area (Å²) >= 11 is 0. The van der Waals surface area contributed by atoms with E-state index in [4.69, 9.17) is 0 Å². The van der Waals surface area contributed by atoms with Crippen LogP contribution in [0.3, 0.4) is 0 Å². The molecule has 0 aliphatic heterocycles. The lowest BCUT2D eigenvalue weighted by molar-refractivity contribution is -0.138. The summed E-state index contributed by atoms with van der Waals surface area (Å²) in [4.78, 5) is 10.1. The maximum atomic E-state index is 12.9. The summed E-state index contributed by atoms with van der Waals surface area (Å²) in [5.41, 5.74) is -1.65.